The minimum Gasteiger partial charge on any atom is -0.378 e. The summed E-state index contributed by atoms with van der Waals surface area (Å²) in [4.78, 5) is 14.2. The zero-order valence-corrected chi connectivity index (χ0v) is 15.1. The monoisotopic (exact) mass is 323 g/mol. The summed E-state index contributed by atoms with van der Waals surface area (Å²) in [5.41, 5.74) is -0.248. The second-order valence-electron chi connectivity index (χ2n) is 7.01. The maximum absolute atomic E-state index is 12.4. The standard InChI is InChI=1S/C16H29N5O2/c1-7-13-19-18-11-21(13)9-8-17-14(22)20(5)12-10-16(4,23-6)15(12,2)3/h11-12H,7-10H2,1-6H3,(H,17,22). The van der Waals surface area contributed by atoms with Gasteiger partial charge in [0.05, 0.1) is 5.60 Å². The maximum Gasteiger partial charge on any atom is 0.317 e. The van der Waals surface area contributed by atoms with E-state index in [9.17, 15) is 4.79 Å². The Morgan fingerprint density at radius 3 is 2.78 bits per heavy atom. The molecule has 130 valence electrons. The van der Waals surface area contributed by atoms with Gasteiger partial charge in [-0.3, -0.25) is 0 Å². The van der Waals surface area contributed by atoms with E-state index >= 15 is 0 Å². The summed E-state index contributed by atoms with van der Waals surface area (Å²) in [5, 5.41) is 10.9. The number of carbonyl (C=O) groups excluding carboxylic acids is 1. The van der Waals surface area contributed by atoms with Crippen molar-refractivity contribution >= 4 is 6.03 Å². The third-order valence-electron chi connectivity index (χ3n) is 5.66. The summed E-state index contributed by atoms with van der Waals surface area (Å²) in [7, 11) is 3.59. The third-order valence-corrected chi connectivity index (χ3v) is 5.66. The number of amides is 2. The number of urea groups is 1. The SMILES string of the molecule is CCc1nncn1CCNC(=O)N(C)C1CC(C)(OC)C1(C)C. The molecule has 1 aliphatic carbocycles. The van der Waals surface area contributed by atoms with Crippen LogP contribution < -0.4 is 5.32 Å². The van der Waals surface area contributed by atoms with Crippen molar-refractivity contribution in [2.45, 2.75) is 58.7 Å². The molecular weight excluding hydrogens is 294 g/mol. The lowest BCUT2D eigenvalue weighted by Gasteiger charge is -2.61. The average Bonchev–Trinajstić information content (AvgIpc) is 2.98. The molecule has 0 spiro atoms. The van der Waals surface area contributed by atoms with Crippen molar-refractivity contribution in [1.29, 1.82) is 0 Å². The van der Waals surface area contributed by atoms with Crippen LogP contribution in [-0.4, -0.2) is 58.0 Å². The minimum atomic E-state index is -0.176. The van der Waals surface area contributed by atoms with Crippen LogP contribution in [0.1, 0.15) is 39.9 Å². The number of methoxy groups -OCH3 is 1. The number of rotatable bonds is 6. The number of aryl methyl sites for hydroxylation is 1. The number of hydrogen-bond acceptors (Lipinski definition) is 4. The van der Waals surface area contributed by atoms with E-state index in [1.165, 1.54) is 0 Å². The van der Waals surface area contributed by atoms with Gasteiger partial charge in [0, 0.05) is 45.1 Å². The van der Waals surface area contributed by atoms with E-state index in [1.807, 2.05) is 18.5 Å². The zero-order chi connectivity index (χ0) is 17.3. The fourth-order valence-corrected chi connectivity index (χ4v) is 3.36. The molecule has 0 aliphatic heterocycles. The zero-order valence-electron chi connectivity index (χ0n) is 15.1. The van der Waals surface area contributed by atoms with Crippen LogP contribution in [0.25, 0.3) is 0 Å². The van der Waals surface area contributed by atoms with E-state index in [0.717, 1.165) is 18.7 Å². The number of carbonyl (C=O) groups is 1. The predicted octanol–water partition coefficient (Wildman–Crippen LogP) is 1.69. The van der Waals surface area contributed by atoms with Gasteiger partial charge in [-0.1, -0.05) is 20.8 Å². The smallest absolute Gasteiger partial charge is 0.317 e. The lowest BCUT2D eigenvalue weighted by molar-refractivity contribution is -0.198. The molecule has 1 heterocycles. The Balaban J connectivity index is 1.85. The van der Waals surface area contributed by atoms with Crippen molar-refractivity contribution in [3.8, 4) is 0 Å². The summed E-state index contributed by atoms with van der Waals surface area (Å²) < 4.78 is 7.60. The molecule has 1 aliphatic rings. The molecule has 0 radical (unpaired) electrons. The van der Waals surface area contributed by atoms with Crippen molar-refractivity contribution in [1.82, 2.24) is 25.0 Å². The van der Waals surface area contributed by atoms with Crippen LogP contribution in [0.5, 0.6) is 0 Å². The fourth-order valence-electron chi connectivity index (χ4n) is 3.36. The van der Waals surface area contributed by atoms with Crippen molar-refractivity contribution in [2.24, 2.45) is 5.41 Å². The predicted molar refractivity (Wildman–Crippen MR) is 88.2 cm³/mol. The summed E-state index contributed by atoms with van der Waals surface area (Å²) in [6.45, 7) is 9.69. The lowest BCUT2D eigenvalue weighted by atomic mass is 9.55. The lowest BCUT2D eigenvalue weighted by Crippen LogP contribution is -2.69. The summed E-state index contributed by atoms with van der Waals surface area (Å²) in [6.07, 6.45) is 3.39. The number of aromatic nitrogens is 3. The molecule has 1 aromatic rings. The van der Waals surface area contributed by atoms with Crippen molar-refractivity contribution in [3.63, 3.8) is 0 Å². The summed E-state index contributed by atoms with van der Waals surface area (Å²) in [6, 6.07) is 0.126. The Bertz CT molecular complexity index is 556. The number of ether oxygens (including phenoxy) is 1. The molecule has 7 nitrogen and oxygen atoms in total. The van der Waals surface area contributed by atoms with E-state index in [-0.39, 0.29) is 23.1 Å². The van der Waals surface area contributed by atoms with Crippen LogP contribution in [0.15, 0.2) is 6.33 Å². The van der Waals surface area contributed by atoms with Gasteiger partial charge < -0.3 is 19.5 Å². The first-order chi connectivity index (χ1) is 10.8. The van der Waals surface area contributed by atoms with Gasteiger partial charge in [-0.25, -0.2) is 4.79 Å². The molecule has 1 fully saturated rings. The van der Waals surface area contributed by atoms with Crippen LogP contribution in [0.4, 0.5) is 4.79 Å². The Kier molecular flexibility index (Phi) is 4.98. The number of hydrogen-bond donors (Lipinski definition) is 1. The Morgan fingerprint density at radius 2 is 2.22 bits per heavy atom. The van der Waals surface area contributed by atoms with Crippen LogP contribution in [0, 0.1) is 5.41 Å². The van der Waals surface area contributed by atoms with E-state index in [0.29, 0.717) is 13.1 Å². The number of nitrogens with zero attached hydrogens (tertiary/aromatic N) is 4. The molecule has 7 heteroatoms. The fraction of sp³-hybridized carbons (Fsp3) is 0.812. The minimum absolute atomic E-state index is 0.0487. The second kappa shape index (κ2) is 6.47. The maximum atomic E-state index is 12.4. The highest BCUT2D eigenvalue weighted by molar-refractivity contribution is 5.74. The summed E-state index contributed by atoms with van der Waals surface area (Å²) in [5.74, 6) is 0.934. The first-order valence-corrected chi connectivity index (χ1v) is 8.19. The second-order valence-corrected chi connectivity index (χ2v) is 7.01. The molecule has 2 amide bonds. The molecule has 2 unspecified atom stereocenters. The molecule has 2 rings (SSSR count). The first-order valence-electron chi connectivity index (χ1n) is 8.19. The topological polar surface area (TPSA) is 72.3 Å². The molecule has 1 N–H and O–H groups in total. The Labute approximate surface area is 138 Å². The molecular formula is C16H29N5O2. The molecule has 1 saturated carbocycles. The van der Waals surface area contributed by atoms with Gasteiger partial charge in [-0.15, -0.1) is 10.2 Å². The van der Waals surface area contributed by atoms with Gasteiger partial charge in [0.15, 0.2) is 0 Å². The average molecular weight is 323 g/mol. The van der Waals surface area contributed by atoms with Gasteiger partial charge in [0.1, 0.15) is 12.2 Å². The van der Waals surface area contributed by atoms with Gasteiger partial charge in [0.2, 0.25) is 0 Å². The first kappa shape index (κ1) is 17.7. The molecule has 0 saturated heterocycles. The highest BCUT2D eigenvalue weighted by Crippen LogP contribution is 2.53. The van der Waals surface area contributed by atoms with Crippen molar-refractivity contribution in [3.05, 3.63) is 12.2 Å². The van der Waals surface area contributed by atoms with E-state index in [2.05, 4.69) is 36.3 Å². The van der Waals surface area contributed by atoms with Gasteiger partial charge in [-0.05, 0) is 13.3 Å². The van der Waals surface area contributed by atoms with E-state index in [1.54, 1.807) is 18.3 Å². The van der Waals surface area contributed by atoms with Crippen molar-refractivity contribution in [2.75, 3.05) is 20.7 Å². The molecule has 0 aromatic carbocycles. The van der Waals surface area contributed by atoms with Crippen LogP contribution in [0.2, 0.25) is 0 Å². The molecule has 1 aromatic heterocycles. The highest BCUT2D eigenvalue weighted by atomic mass is 16.5. The normalized spacial score (nSPS) is 25.7. The van der Waals surface area contributed by atoms with Crippen LogP contribution in [-0.2, 0) is 17.7 Å². The molecule has 23 heavy (non-hydrogen) atoms. The molecule has 2 atom stereocenters. The van der Waals surface area contributed by atoms with Crippen molar-refractivity contribution < 1.29 is 9.53 Å². The summed E-state index contributed by atoms with van der Waals surface area (Å²) >= 11 is 0. The largest absolute Gasteiger partial charge is 0.378 e. The van der Waals surface area contributed by atoms with E-state index in [4.69, 9.17) is 4.74 Å². The van der Waals surface area contributed by atoms with Gasteiger partial charge in [-0.2, -0.15) is 0 Å². The van der Waals surface area contributed by atoms with Crippen LogP contribution >= 0.6 is 0 Å². The highest BCUT2D eigenvalue weighted by Gasteiger charge is 2.59. The van der Waals surface area contributed by atoms with Gasteiger partial charge in [0.25, 0.3) is 0 Å². The third kappa shape index (κ3) is 3.06. The van der Waals surface area contributed by atoms with Crippen LogP contribution in [0.3, 0.4) is 0 Å². The molecule has 0 bridgehead atoms. The van der Waals surface area contributed by atoms with E-state index < -0.39 is 0 Å². The Hall–Kier alpha value is -1.63. The van der Waals surface area contributed by atoms with Gasteiger partial charge >= 0.3 is 6.03 Å². The quantitative estimate of drug-likeness (QED) is 0.864. The Morgan fingerprint density at radius 1 is 1.52 bits per heavy atom. The number of nitrogens with one attached hydrogen (secondary N) is 1.